The van der Waals surface area contributed by atoms with Crippen LogP contribution in [0.2, 0.25) is 0 Å². The highest BCUT2D eigenvalue weighted by Gasteiger charge is 1.96. The van der Waals surface area contributed by atoms with Gasteiger partial charge in [-0.2, -0.15) is 0 Å². The summed E-state index contributed by atoms with van der Waals surface area (Å²) in [5.41, 5.74) is 15.0. The predicted molar refractivity (Wildman–Crippen MR) is 69.0 cm³/mol. The molecule has 0 bridgehead atoms. The zero-order chi connectivity index (χ0) is 11.4. The van der Waals surface area contributed by atoms with E-state index >= 15 is 0 Å². The Hall–Kier alpha value is -2.16. The maximum absolute atomic E-state index is 5.72. The van der Waals surface area contributed by atoms with Crippen LogP contribution >= 0.6 is 0 Å². The quantitative estimate of drug-likeness (QED) is 0.686. The number of rotatable bonds is 3. The monoisotopic (exact) mass is 213 g/mol. The minimum atomic E-state index is 0.699. The summed E-state index contributed by atoms with van der Waals surface area (Å²) >= 11 is 0. The average Bonchev–Trinajstić information content (AvgIpc) is 2.27. The van der Waals surface area contributed by atoms with E-state index < -0.39 is 0 Å². The molecule has 5 N–H and O–H groups in total. The van der Waals surface area contributed by atoms with E-state index in [2.05, 4.69) is 5.32 Å². The van der Waals surface area contributed by atoms with Crippen molar-refractivity contribution in [3.63, 3.8) is 0 Å². The van der Waals surface area contributed by atoms with Crippen molar-refractivity contribution in [1.29, 1.82) is 0 Å². The molecule has 2 rings (SSSR count). The zero-order valence-corrected chi connectivity index (χ0v) is 8.98. The SMILES string of the molecule is Nc1cc(N)cc(CNc2ccccc2)c1. The number of nitrogen functional groups attached to an aromatic ring is 2. The van der Waals surface area contributed by atoms with Crippen molar-refractivity contribution in [2.75, 3.05) is 16.8 Å². The molecule has 0 amide bonds. The van der Waals surface area contributed by atoms with E-state index in [1.165, 1.54) is 0 Å². The Morgan fingerprint density at radius 2 is 1.50 bits per heavy atom. The van der Waals surface area contributed by atoms with E-state index in [-0.39, 0.29) is 0 Å². The molecule has 0 unspecified atom stereocenters. The van der Waals surface area contributed by atoms with E-state index in [4.69, 9.17) is 11.5 Å². The van der Waals surface area contributed by atoms with Crippen LogP contribution in [-0.2, 0) is 6.54 Å². The van der Waals surface area contributed by atoms with Crippen LogP contribution < -0.4 is 16.8 Å². The van der Waals surface area contributed by atoms with Crippen LogP contribution in [0.1, 0.15) is 5.56 Å². The minimum Gasteiger partial charge on any atom is -0.399 e. The molecule has 0 heterocycles. The Morgan fingerprint density at radius 1 is 0.875 bits per heavy atom. The third-order valence-electron chi connectivity index (χ3n) is 2.31. The molecule has 2 aromatic carbocycles. The number of nitrogens with two attached hydrogens (primary N) is 2. The molecule has 3 heteroatoms. The molecule has 0 aliphatic carbocycles. The first-order chi connectivity index (χ1) is 7.74. The van der Waals surface area contributed by atoms with Crippen molar-refractivity contribution in [2.24, 2.45) is 0 Å². The van der Waals surface area contributed by atoms with Crippen LogP contribution in [-0.4, -0.2) is 0 Å². The highest BCUT2D eigenvalue weighted by molar-refractivity contribution is 5.55. The molecule has 0 radical (unpaired) electrons. The van der Waals surface area contributed by atoms with Crippen molar-refractivity contribution < 1.29 is 0 Å². The molecule has 0 spiro atoms. The second-order valence-corrected chi connectivity index (χ2v) is 3.73. The molecule has 3 nitrogen and oxygen atoms in total. The number of hydrogen-bond donors (Lipinski definition) is 3. The topological polar surface area (TPSA) is 64.1 Å². The third kappa shape index (κ3) is 2.67. The van der Waals surface area contributed by atoms with E-state index in [1.54, 1.807) is 6.07 Å². The summed E-state index contributed by atoms with van der Waals surface area (Å²) < 4.78 is 0. The highest BCUT2D eigenvalue weighted by atomic mass is 14.9. The molecule has 0 saturated carbocycles. The Balaban J connectivity index is 2.05. The second-order valence-electron chi connectivity index (χ2n) is 3.73. The summed E-state index contributed by atoms with van der Waals surface area (Å²) in [6.07, 6.45) is 0. The van der Waals surface area contributed by atoms with Gasteiger partial charge < -0.3 is 16.8 Å². The van der Waals surface area contributed by atoms with Crippen molar-refractivity contribution in [3.8, 4) is 0 Å². The lowest BCUT2D eigenvalue weighted by molar-refractivity contribution is 1.15. The molecular weight excluding hydrogens is 198 g/mol. The fraction of sp³-hybridized carbons (Fsp3) is 0.0769. The first-order valence-electron chi connectivity index (χ1n) is 5.18. The summed E-state index contributed by atoms with van der Waals surface area (Å²) in [6, 6.07) is 15.6. The molecule has 2 aromatic rings. The van der Waals surface area contributed by atoms with Gasteiger partial charge in [-0.1, -0.05) is 18.2 Å². The van der Waals surface area contributed by atoms with Gasteiger partial charge in [-0.15, -0.1) is 0 Å². The lowest BCUT2D eigenvalue weighted by Crippen LogP contribution is -2.01. The molecule has 0 aliphatic rings. The summed E-state index contributed by atoms with van der Waals surface area (Å²) in [5, 5.41) is 3.30. The number of nitrogens with one attached hydrogen (secondary N) is 1. The highest BCUT2D eigenvalue weighted by Crippen LogP contribution is 2.15. The normalized spacial score (nSPS) is 10.0. The van der Waals surface area contributed by atoms with E-state index in [0.29, 0.717) is 11.4 Å². The van der Waals surface area contributed by atoms with Crippen LogP contribution in [0.4, 0.5) is 17.1 Å². The van der Waals surface area contributed by atoms with Crippen molar-refractivity contribution >= 4 is 17.1 Å². The molecule has 0 fully saturated rings. The van der Waals surface area contributed by atoms with Gasteiger partial charge in [0, 0.05) is 23.6 Å². The van der Waals surface area contributed by atoms with Crippen LogP contribution in [0, 0.1) is 0 Å². The van der Waals surface area contributed by atoms with Gasteiger partial charge >= 0.3 is 0 Å². The molecule has 0 aliphatic heterocycles. The van der Waals surface area contributed by atoms with Gasteiger partial charge in [0.1, 0.15) is 0 Å². The fourth-order valence-electron chi connectivity index (χ4n) is 1.61. The van der Waals surface area contributed by atoms with Crippen LogP contribution in [0.15, 0.2) is 48.5 Å². The Bertz CT molecular complexity index is 446. The Kier molecular flexibility index (Phi) is 2.96. The standard InChI is InChI=1S/C13H15N3/c14-11-6-10(7-12(15)8-11)9-16-13-4-2-1-3-5-13/h1-8,16H,9,14-15H2. The van der Waals surface area contributed by atoms with E-state index in [9.17, 15) is 0 Å². The first kappa shape index (κ1) is 10.4. The van der Waals surface area contributed by atoms with Gasteiger partial charge in [-0.3, -0.25) is 0 Å². The Labute approximate surface area is 95.1 Å². The second kappa shape index (κ2) is 4.57. The van der Waals surface area contributed by atoms with E-state index in [1.807, 2.05) is 42.5 Å². The zero-order valence-electron chi connectivity index (χ0n) is 8.98. The van der Waals surface area contributed by atoms with Gasteiger partial charge in [0.25, 0.3) is 0 Å². The van der Waals surface area contributed by atoms with Crippen LogP contribution in [0.3, 0.4) is 0 Å². The van der Waals surface area contributed by atoms with Crippen molar-refractivity contribution in [3.05, 3.63) is 54.1 Å². The molecule has 0 saturated heterocycles. The maximum Gasteiger partial charge on any atom is 0.0402 e. The van der Waals surface area contributed by atoms with Gasteiger partial charge in [-0.25, -0.2) is 0 Å². The molecule has 82 valence electrons. The number of benzene rings is 2. The molecular formula is C13H15N3. The van der Waals surface area contributed by atoms with Crippen LogP contribution in [0.25, 0.3) is 0 Å². The summed E-state index contributed by atoms with van der Waals surface area (Å²) in [6.45, 7) is 0.721. The molecule has 16 heavy (non-hydrogen) atoms. The largest absolute Gasteiger partial charge is 0.399 e. The Morgan fingerprint density at radius 3 is 2.12 bits per heavy atom. The summed E-state index contributed by atoms with van der Waals surface area (Å²) in [7, 11) is 0. The predicted octanol–water partition coefficient (Wildman–Crippen LogP) is 2.46. The lowest BCUT2D eigenvalue weighted by atomic mass is 10.1. The van der Waals surface area contributed by atoms with Gasteiger partial charge in [0.05, 0.1) is 0 Å². The molecule has 0 aromatic heterocycles. The number of anilines is 3. The van der Waals surface area contributed by atoms with Crippen molar-refractivity contribution in [2.45, 2.75) is 6.54 Å². The first-order valence-corrected chi connectivity index (χ1v) is 5.18. The fourth-order valence-corrected chi connectivity index (χ4v) is 1.61. The number of para-hydroxylation sites is 1. The van der Waals surface area contributed by atoms with Gasteiger partial charge in [0.2, 0.25) is 0 Å². The number of hydrogen-bond acceptors (Lipinski definition) is 3. The average molecular weight is 213 g/mol. The third-order valence-corrected chi connectivity index (χ3v) is 2.31. The lowest BCUT2D eigenvalue weighted by Gasteiger charge is -2.07. The van der Waals surface area contributed by atoms with Crippen LogP contribution in [0.5, 0.6) is 0 Å². The summed E-state index contributed by atoms with van der Waals surface area (Å²) in [4.78, 5) is 0. The van der Waals surface area contributed by atoms with Gasteiger partial charge in [-0.05, 0) is 35.9 Å². The maximum atomic E-state index is 5.72. The summed E-state index contributed by atoms with van der Waals surface area (Å²) in [5.74, 6) is 0. The smallest absolute Gasteiger partial charge is 0.0402 e. The minimum absolute atomic E-state index is 0.699. The van der Waals surface area contributed by atoms with E-state index in [0.717, 1.165) is 17.8 Å². The molecule has 0 atom stereocenters. The van der Waals surface area contributed by atoms with Gasteiger partial charge in [0.15, 0.2) is 0 Å². The van der Waals surface area contributed by atoms with Crippen molar-refractivity contribution in [1.82, 2.24) is 0 Å².